The molecular formula is C15H13F3N2O3S. The number of carbonyl (C=O) groups excluding carboxylic acids is 1. The minimum atomic E-state index is -4.62. The second-order valence-corrected chi connectivity index (χ2v) is 6.70. The van der Waals surface area contributed by atoms with Crippen molar-refractivity contribution in [3.05, 3.63) is 64.5 Å². The molecule has 0 unspecified atom stereocenters. The Kier molecular flexibility index (Phi) is 4.95. The van der Waals surface area contributed by atoms with Crippen LogP contribution < -0.4 is 10.3 Å². The fraction of sp³-hybridized carbons (Fsp3) is 0.133. The summed E-state index contributed by atoms with van der Waals surface area (Å²) in [5, 5.41) is 0. The number of benzene rings is 2. The Morgan fingerprint density at radius 3 is 2.29 bits per heavy atom. The molecule has 0 saturated carbocycles. The van der Waals surface area contributed by atoms with E-state index in [2.05, 4.69) is 0 Å². The van der Waals surface area contributed by atoms with Crippen molar-refractivity contribution in [2.75, 3.05) is 0 Å². The number of halogens is 3. The summed E-state index contributed by atoms with van der Waals surface area (Å²) in [5.41, 5.74) is 3.62. The molecule has 0 fully saturated rings. The minimum absolute atomic E-state index is 0.203. The van der Waals surface area contributed by atoms with Gasteiger partial charge in [-0.25, -0.2) is 21.6 Å². The topological polar surface area (TPSA) is 75.3 Å². The van der Waals surface area contributed by atoms with Gasteiger partial charge in [0, 0.05) is 5.56 Å². The molecule has 128 valence electrons. The molecule has 0 radical (unpaired) electrons. The third kappa shape index (κ3) is 3.57. The fourth-order valence-electron chi connectivity index (χ4n) is 2.02. The number of hydrogen-bond donors (Lipinski definition) is 2. The Morgan fingerprint density at radius 2 is 1.67 bits per heavy atom. The third-order valence-corrected chi connectivity index (χ3v) is 4.48. The van der Waals surface area contributed by atoms with Crippen molar-refractivity contribution in [1.29, 1.82) is 0 Å². The van der Waals surface area contributed by atoms with Gasteiger partial charge in [0.1, 0.15) is 4.90 Å². The highest BCUT2D eigenvalue weighted by molar-refractivity contribution is 7.89. The molecule has 0 aliphatic heterocycles. The molecule has 1 amide bonds. The van der Waals surface area contributed by atoms with Gasteiger partial charge in [0.15, 0.2) is 17.5 Å². The second-order valence-electron chi connectivity index (χ2n) is 5.05. The van der Waals surface area contributed by atoms with E-state index in [4.69, 9.17) is 0 Å². The molecule has 0 saturated heterocycles. The Morgan fingerprint density at radius 1 is 1.00 bits per heavy atom. The van der Waals surface area contributed by atoms with Crippen molar-refractivity contribution in [1.82, 2.24) is 10.3 Å². The van der Waals surface area contributed by atoms with Crippen LogP contribution in [0.3, 0.4) is 0 Å². The largest absolute Gasteiger partial charge is 0.273 e. The first-order chi connectivity index (χ1) is 11.1. The molecule has 0 atom stereocenters. The Hall–Kier alpha value is -2.39. The lowest BCUT2D eigenvalue weighted by Gasteiger charge is -2.11. The Bertz CT molecular complexity index is 914. The standard InChI is InChI=1S/C15H13F3N2O3S/c1-8-3-4-10(9(2)7-8)15(21)19-20-24(22,23)12-6-5-11(16)13(17)14(12)18/h3-7,20H,1-2H3,(H,19,21). The number of hydrogen-bond acceptors (Lipinski definition) is 3. The third-order valence-electron chi connectivity index (χ3n) is 3.21. The van der Waals surface area contributed by atoms with Crippen molar-refractivity contribution >= 4 is 15.9 Å². The first-order valence-electron chi connectivity index (χ1n) is 6.66. The van der Waals surface area contributed by atoms with Gasteiger partial charge in [0.2, 0.25) is 0 Å². The molecule has 2 N–H and O–H groups in total. The van der Waals surface area contributed by atoms with E-state index in [9.17, 15) is 26.4 Å². The van der Waals surface area contributed by atoms with Crippen LogP contribution >= 0.6 is 0 Å². The van der Waals surface area contributed by atoms with Gasteiger partial charge in [-0.3, -0.25) is 10.2 Å². The van der Waals surface area contributed by atoms with Crippen LogP contribution in [0.15, 0.2) is 35.2 Å². The van der Waals surface area contributed by atoms with E-state index in [0.717, 1.165) is 5.56 Å². The number of aryl methyl sites for hydroxylation is 2. The molecule has 24 heavy (non-hydrogen) atoms. The van der Waals surface area contributed by atoms with Crippen LogP contribution in [0.4, 0.5) is 13.2 Å². The van der Waals surface area contributed by atoms with Gasteiger partial charge in [-0.15, -0.1) is 4.83 Å². The van der Waals surface area contributed by atoms with Crippen molar-refractivity contribution in [2.24, 2.45) is 0 Å². The monoisotopic (exact) mass is 358 g/mol. The molecule has 0 aliphatic carbocycles. The quantitative estimate of drug-likeness (QED) is 0.651. The highest BCUT2D eigenvalue weighted by atomic mass is 32.2. The summed E-state index contributed by atoms with van der Waals surface area (Å²) >= 11 is 0. The smallest absolute Gasteiger partial charge is 0.266 e. The maximum Gasteiger partial charge on any atom is 0.266 e. The fourth-order valence-corrected chi connectivity index (χ4v) is 2.93. The molecule has 2 aromatic rings. The SMILES string of the molecule is Cc1ccc(C(=O)NNS(=O)(=O)c2ccc(F)c(F)c2F)c(C)c1. The predicted octanol–water partition coefficient (Wildman–Crippen LogP) is 2.34. The molecule has 0 heterocycles. The zero-order valence-corrected chi connectivity index (χ0v) is 13.5. The first-order valence-corrected chi connectivity index (χ1v) is 8.14. The van der Waals surface area contributed by atoms with Crippen molar-refractivity contribution in [2.45, 2.75) is 18.7 Å². The van der Waals surface area contributed by atoms with Gasteiger partial charge in [-0.2, -0.15) is 0 Å². The van der Waals surface area contributed by atoms with Gasteiger partial charge >= 0.3 is 0 Å². The van der Waals surface area contributed by atoms with E-state index in [-0.39, 0.29) is 5.56 Å². The summed E-state index contributed by atoms with van der Waals surface area (Å²) in [6.45, 7) is 3.48. The average Bonchev–Trinajstić information content (AvgIpc) is 2.50. The molecule has 0 aliphatic rings. The number of nitrogens with one attached hydrogen (secondary N) is 2. The summed E-state index contributed by atoms with van der Waals surface area (Å²) in [5.74, 6) is -6.09. The number of sulfonamides is 1. The van der Waals surface area contributed by atoms with E-state index in [1.165, 1.54) is 6.07 Å². The lowest BCUT2D eigenvalue weighted by molar-refractivity contribution is 0.0944. The number of hydrazine groups is 1. The minimum Gasteiger partial charge on any atom is -0.273 e. The second kappa shape index (κ2) is 6.62. The number of amides is 1. The van der Waals surface area contributed by atoms with Gasteiger partial charge in [0.25, 0.3) is 15.9 Å². The normalized spacial score (nSPS) is 11.4. The van der Waals surface area contributed by atoms with Gasteiger partial charge in [-0.1, -0.05) is 17.7 Å². The lowest BCUT2D eigenvalue weighted by Crippen LogP contribution is -2.42. The highest BCUT2D eigenvalue weighted by Gasteiger charge is 2.24. The molecule has 5 nitrogen and oxygen atoms in total. The maximum absolute atomic E-state index is 13.6. The van der Waals surface area contributed by atoms with Crippen LogP contribution in [-0.4, -0.2) is 14.3 Å². The number of carbonyl (C=O) groups is 1. The lowest BCUT2D eigenvalue weighted by atomic mass is 10.1. The summed E-state index contributed by atoms with van der Waals surface area (Å²) in [6, 6.07) is 5.90. The molecule has 0 bridgehead atoms. The van der Waals surface area contributed by atoms with Crippen LogP contribution in [0.25, 0.3) is 0 Å². The van der Waals surface area contributed by atoms with Crippen LogP contribution in [0.5, 0.6) is 0 Å². The van der Waals surface area contributed by atoms with Crippen LogP contribution in [0.1, 0.15) is 21.5 Å². The summed E-state index contributed by atoms with van der Waals surface area (Å²) in [6.07, 6.45) is 0. The summed E-state index contributed by atoms with van der Waals surface area (Å²) < 4.78 is 63.4. The molecule has 9 heteroatoms. The zero-order valence-electron chi connectivity index (χ0n) is 12.7. The molecule has 2 aromatic carbocycles. The Labute approximate surface area is 136 Å². The first kappa shape index (κ1) is 18.0. The van der Waals surface area contributed by atoms with Crippen LogP contribution in [-0.2, 0) is 10.0 Å². The van der Waals surface area contributed by atoms with E-state index >= 15 is 0 Å². The molecule has 0 spiro atoms. The maximum atomic E-state index is 13.6. The van der Waals surface area contributed by atoms with Gasteiger partial charge in [0.05, 0.1) is 0 Å². The zero-order chi connectivity index (χ0) is 18.1. The molecule has 0 aromatic heterocycles. The summed E-state index contributed by atoms with van der Waals surface area (Å²) in [4.78, 5) is 12.5. The summed E-state index contributed by atoms with van der Waals surface area (Å²) in [7, 11) is -4.62. The van der Waals surface area contributed by atoms with E-state index in [1.807, 2.05) is 12.3 Å². The van der Waals surface area contributed by atoms with Crippen LogP contribution in [0.2, 0.25) is 0 Å². The van der Waals surface area contributed by atoms with E-state index in [1.54, 1.807) is 23.9 Å². The average molecular weight is 358 g/mol. The van der Waals surface area contributed by atoms with E-state index < -0.39 is 38.3 Å². The highest BCUT2D eigenvalue weighted by Crippen LogP contribution is 2.19. The molecule has 2 rings (SSSR count). The van der Waals surface area contributed by atoms with Crippen molar-refractivity contribution in [3.63, 3.8) is 0 Å². The van der Waals surface area contributed by atoms with Crippen molar-refractivity contribution < 1.29 is 26.4 Å². The van der Waals surface area contributed by atoms with Gasteiger partial charge in [-0.05, 0) is 37.6 Å². The van der Waals surface area contributed by atoms with E-state index in [0.29, 0.717) is 17.7 Å². The predicted molar refractivity (Wildman–Crippen MR) is 80.0 cm³/mol. The van der Waals surface area contributed by atoms with Gasteiger partial charge < -0.3 is 0 Å². The Balaban J connectivity index is 2.22. The van der Waals surface area contributed by atoms with Crippen molar-refractivity contribution in [3.8, 4) is 0 Å². The number of rotatable bonds is 4. The molecular weight excluding hydrogens is 345 g/mol. The van der Waals surface area contributed by atoms with Crippen LogP contribution in [0, 0.1) is 31.3 Å².